The summed E-state index contributed by atoms with van der Waals surface area (Å²) in [6, 6.07) is 14.5. The summed E-state index contributed by atoms with van der Waals surface area (Å²) in [5, 5.41) is 23.1. The topological polar surface area (TPSA) is 99.1 Å². The van der Waals surface area contributed by atoms with Crippen LogP contribution in [-0.4, -0.2) is 58.3 Å². The zero-order valence-electron chi connectivity index (χ0n) is 18.2. The first-order chi connectivity index (χ1) is 15.4. The van der Waals surface area contributed by atoms with Gasteiger partial charge >= 0.3 is 0 Å². The predicted molar refractivity (Wildman–Crippen MR) is 119 cm³/mol. The van der Waals surface area contributed by atoms with E-state index in [-0.39, 0.29) is 25.0 Å². The zero-order valence-corrected chi connectivity index (χ0v) is 18.2. The van der Waals surface area contributed by atoms with Gasteiger partial charge in [0.1, 0.15) is 18.0 Å². The molecule has 7 nitrogen and oxygen atoms in total. The smallest absolute Gasteiger partial charge is 0.247 e. The van der Waals surface area contributed by atoms with Gasteiger partial charge in [0.25, 0.3) is 0 Å². The first-order valence-electron chi connectivity index (χ1n) is 10.8. The molecule has 0 bridgehead atoms. The number of nitrogens with zero attached hydrogens (tertiary/aromatic N) is 1. The number of fused-ring (bicyclic) bond motifs is 3. The van der Waals surface area contributed by atoms with Crippen molar-refractivity contribution in [2.75, 3.05) is 13.2 Å². The first-order valence-corrected chi connectivity index (χ1v) is 10.8. The molecule has 168 valence electrons. The molecule has 2 amide bonds. The fraction of sp³-hybridized carbons (Fsp3) is 0.360. The van der Waals surface area contributed by atoms with Gasteiger partial charge in [-0.25, -0.2) is 0 Å². The van der Waals surface area contributed by atoms with Crippen molar-refractivity contribution in [3.8, 4) is 5.75 Å². The molecule has 0 saturated heterocycles. The maximum absolute atomic E-state index is 13.0. The Morgan fingerprint density at radius 2 is 1.84 bits per heavy atom. The van der Waals surface area contributed by atoms with Gasteiger partial charge in [0.2, 0.25) is 11.8 Å². The van der Waals surface area contributed by atoms with Crippen LogP contribution in [0.15, 0.2) is 60.2 Å². The average Bonchev–Trinajstić information content (AvgIpc) is 3.18. The number of carbonyl (C=O) groups is 2. The number of rotatable bonds is 6. The molecule has 2 aromatic carbocycles. The Bertz CT molecular complexity index is 1030. The third-order valence-electron chi connectivity index (χ3n) is 6.11. The summed E-state index contributed by atoms with van der Waals surface area (Å²) in [7, 11) is 0. The van der Waals surface area contributed by atoms with E-state index < -0.39 is 24.2 Å². The molecule has 1 heterocycles. The lowest BCUT2D eigenvalue weighted by Gasteiger charge is -2.40. The van der Waals surface area contributed by atoms with Gasteiger partial charge in [-0.2, -0.15) is 0 Å². The molecule has 0 aromatic heterocycles. The molecular formula is C25H28N2O5. The Labute approximate surface area is 187 Å². The highest BCUT2D eigenvalue weighted by Gasteiger charge is 2.50. The number of carbonyl (C=O) groups excluding carboxylic acids is 2. The van der Waals surface area contributed by atoms with Gasteiger partial charge in [0.15, 0.2) is 0 Å². The normalized spacial score (nSPS) is 23.4. The molecule has 0 saturated carbocycles. The fourth-order valence-corrected chi connectivity index (χ4v) is 4.51. The van der Waals surface area contributed by atoms with Gasteiger partial charge in [-0.15, -0.1) is 0 Å². The van der Waals surface area contributed by atoms with Crippen molar-refractivity contribution in [3.63, 3.8) is 0 Å². The van der Waals surface area contributed by atoms with Gasteiger partial charge in [-0.3, -0.25) is 9.59 Å². The maximum atomic E-state index is 13.0. The highest BCUT2D eigenvalue weighted by molar-refractivity contribution is 5.96. The molecule has 7 heteroatoms. The lowest BCUT2D eigenvalue weighted by molar-refractivity contribution is -0.135. The van der Waals surface area contributed by atoms with Crippen molar-refractivity contribution < 1.29 is 24.5 Å². The first kappa shape index (κ1) is 22.0. The van der Waals surface area contributed by atoms with Crippen LogP contribution in [0.2, 0.25) is 0 Å². The molecule has 2 aliphatic rings. The highest BCUT2D eigenvalue weighted by atomic mass is 16.5. The molecule has 1 aliphatic heterocycles. The van der Waals surface area contributed by atoms with Gasteiger partial charge in [0.05, 0.1) is 18.6 Å². The molecule has 0 radical (unpaired) electrons. The van der Waals surface area contributed by atoms with E-state index in [9.17, 15) is 14.7 Å². The van der Waals surface area contributed by atoms with Crippen LogP contribution >= 0.6 is 0 Å². The van der Waals surface area contributed by atoms with Gasteiger partial charge in [0, 0.05) is 31.1 Å². The molecule has 4 atom stereocenters. The summed E-state index contributed by atoms with van der Waals surface area (Å²) in [5.41, 5.74) is 3.30. The number of hydrogen-bond donors (Lipinski definition) is 3. The van der Waals surface area contributed by atoms with E-state index in [4.69, 9.17) is 9.84 Å². The van der Waals surface area contributed by atoms with Crippen LogP contribution in [0.3, 0.4) is 0 Å². The number of ether oxygens (including phenoxy) is 1. The summed E-state index contributed by atoms with van der Waals surface area (Å²) >= 11 is 0. The zero-order chi connectivity index (χ0) is 22.8. The van der Waals surface area contributed by atoms with Gasteiger partial charge in [-0.1, -0.05) is 48.0 Å². The van der Waals surface area contributed by atoms with Crippen molar-refractivity contribution in [3.05, 3.63) is 76.9 Å². The van der Waals surface area contributed by atoms with Crippen molar-refractivity contribution in [2.24, 2.45) is 0 Å². The van der Waals surface area contributed by atoms with E-state index in [0.29, 0.717) is 17.9 Å². The monoisotopic (exact) mass is 436 g/mol. The van der Waals surface area contributed by atoms with Gasteiger partial charge < -0.3 is 25.2 Å². The minimum Gasteiger partial charge on any atom is -0.486 e. The minimum atomic E-state index is -1.02. The second-order valence-electron chi connectivity index (χ2n) is 8.31. The molecule has 3 N–H and O–H groups in total. The summed E-state index contributed by atoms with van der Waals surface area (Å²) < 4.78 is 6.08. The van der Waals surface area contributed by atoms with Crippen LogP contribution < -0.4 is 10.1 Å². The standard InChI is InChI=1S/C25H28N2O5/c1-15-7-9-17(10-8-15)14-27(16(2)29)20-13-19(25(31)26-11-12-28)22-18-5-3-4-6-21(18)32-24(22)23(20)30/h3-10,13,20,22-24,28,30H,11-12,14H2,1-2H3,(H,26,31)/t20-,22+,23+,24+/m1/s1. The number of nitrogens with one attached hydrogen (secondary N) is 1. The molecule has 32 heavy (non-hydrogen) atoms. The third-order valence-corrected chi connectivity index (χ3v) is 6.11. The van der Waals surface area contributed by atoms with Crippen molar-refractivity contribution in [1.29, 1.82) is 0 Å². The lowest BCUT2D eigenvalue weighted by atomic mass is 9.77. The molecule has 2 aromatic rings. The van der Waals surface area contributed by atoms with E-state index in [1.807, 2.05) is 55.5 Å². The molecule has 0 fully saturated rings. The Morgan fingerprint density at radius 3 is 2.53 bits per heavy atom. The van der Waals surface area contributed by atoms with Crippen LogP contribution in [0.4, 0.5) is 0 Å². The third kappa shape index (κ3) is 4.13. The Kier molecular flexibility index (Phi) is 6.30. The lowest BCUT2D eigenvalue weighted by Crippen LogP contribution is -2.55. The number of hydrogen-bond acceptors (Lipinski definition) is 5. The Morgan fingerprint density at radius 1 is 1.12 bits per heavy atom. The predicted octanol–water partition coefficient (Wildman–Crippen LogP) is 1.67. The number of aryl methyl sites for hydroxylation is 1. The summed E-state index contributed by atoms with van der Waals surface area (Å²) in [6.45, 7) is 3.68. The molecule has 0 unspecified atom stereocenters. The van der Waals surface area contributed by atoms with Crippen molar-refractivity contribution in [2.45, 2.75) is 44.6 Å². The van der Waals surface area contributed by atoms with Crippen molar-refractivity contribution in [1.82, 2.24) is 10.2 Å². The van der Waals surface area contributed by atoms with Crippen LogP contribution in [0.1, 0.15) is 29.5 Å². The number of benzene rings is 2. The van der Waals surface area contributed by atoms with Crippen LogP contribution in [0, 0.1) is 6.92 Å². The minimum absolute atomic E-state index is 0.114. The second kappa shape index (κ2) is 9.14. The quantitative estimate of drug-likeness (QED) is 0.640. The van der Waals surface area contributed by atoms with Crippen LogP contribution in [0.25, 0.3) is 0 Å². The van der Waals surface area contributed by atoms with E-state index in [1.165, 1.54) is 6.92 Å². The van der Waals surface area contributed by atoms with Crippen LogP contribution in [0.5, 0.6) is 5.75 Å². The summed E-state index contributed by atoms with van der Waals surface area (Å²) in [6.07, 6.45) is -0.0344. The number of aliphatic hydroxyl groups excluding tert-OH is 2. The molecule has 4 rings (SSSR count). The Hall–Kier alpha value is -3.16. The summed E-state index contributed by atoms with van der Waals surface area (Å²) in [5.74, 6) is -0.389. The Balaban J connectivity index is 1.72. The second-order valence-corrected chi connectivity index (χ2v) is 8.31. The number of para-hydroxylation sites is 1. The van der Waals surface area contributed by atoms with E-state index >= 15 is 0 Å². The molecular weight excluding hydrogens is 408 g/mol. The van der Waals surface area contributed by atoms with E-state index in [2.05, 4.69) is 5.32 Å². The SMILES string of the molecule is CC(=O)N(Cc1ccc(C)cc1)[C@@H]1C=C(C(=O)NCCO)[C@@H]2c3ccccc3O[C@@H]2[C@H]1O. The molecule has 1 aliphatic carbocycles. The number of aliphatic hydroxyl groups is 2. The molecule has 0 spiro atoms. The van der Waals surface area contributed by atoms with Gasteiger partial charge in [-0.05, 0) is 24.6 Å². The highest BCUT2D eigenvalue weighted by Crippen LogP contribution is 2.47. The fourth-order valence-electron chi connectivity index (χ4n) is 4.51. The summed E-state index contributed by atoms with van der Waals surface area (Å²) in [4.78, 5) is 27.2. The largest absolute Gasteiger partial charge is 0.486 e. The van der Waals surface area contributed by atoms with E-state index in [0.717, 1.165) is 16.7 Å². The average molecular weight is 437 g/mol. The van der Waals surface area contributed by atoms with Crippen molar-refractivity contribution >= 4 is 11.8 Å². The number of amides is 2. The van der Waals surface area contributed by atoms with Crippen LogP contribution in [-0.2, 0) is 16.1 Å². The maximum Gasteiger partial charge on any atom is 0.247 e. The van der Waals surface area contributed by atoms with E-state index in [1.54, 1.807) is 11.0 Å².